The zero-order valence-corrected chi connectivity index (χ0v) is 11.8. The summed E-state index contributed by atoms with van der Waals surface area (Å²) >= 11 is 0. The van der Waals surface area contributed by atoms with Crippen molar-refractivity contribution in [3.63, 3.8) is 0 Å². The fraction of sp³-hybridized carbons (Fsp3) is 0.500. The van der Waals surface area contributed by atoms with Gasteiger partial charge in [0.25, 0.3) is 0 Å². The predicted octanol–water partition coefficient (Wildman–Crippen LogP) is -2.44. The highest BCUT2D eigenvalue weighted by atomic mass is 16.6. The second kappa shape index (κ2) is 6.04. The molecule has 11 heteroatoms. The quantitative estimate of drug-likeness (QED) is 0.444. The minimum atomic E-state index is -1.50. The number of fused-ring (bicyclic) bond motifs is 1. The number of carbonyl (C=O) groups excluding carboxylic acids is 1. The molecule has 0 radical (unpaired) electrons. The summed E-state index contributed by atoms with van der Waals surface area (Å²) < 4.78 is 11.5. The lowest BCUT2D eigenvalue weighted by Gasteiger charge is -2.16. The summed E-state index contributed by atoms with van der Waals surface area (Å²) in [4.78, 5) is 23.6. The summed E-state index contributed by atoms with van der Waals surface area (Å²) in [7, 11) is 0. The number of rotatable bonds is 4. The van der Waals surface area contributed by atoms with Crippen molar-refractivity contribution in [2.45, 2.75) is 24.5 Å². The molecule has 0 bridgehead atoms. The summed E-state index contributed by atoms with van der Waals surface area (Å²) in [6.07, 6.45) is -2.86. The Bertz CT molecular complexity index is 721. The number of ether oxygens (including phenoxy) is 2. The molecule has 1 saturated heterocycles. The molecular formula is C12H15N5O6. The van der Waals surface area contributed by atoms with Crippen LogP contribution in [0.15, 0.2) is 12.7 Å². The molecular weight excluding hydrogens is 310 g/mol. The van der Waals surface area contributed by atoms with Gasteiger partial charge in [0.1, 0.15) is 30.7 Å². The highest BCUT2D eigenvalue weighted by molar-refractivity contribution is 5.81. The van der Waals surface area contributed by atoms with Crippen LogP contribution in [0.4, 0.5) is 5.82 Å². The van der Waals surface area contributed by atoms with Crippen molar-refractivity contribution in [3.8, 4) is 0 Å². The molecule has 1 fully saturated rings. The topological polar surface area (TPSA) is 166 Å². The molecule has 0 aromatic carbocycles. The second-order valence-corrected chi connectivity index (χ2v) is 4.90. The van der Waals surface area contributed by atoms with E-state index in [1.807, 2.05) is 0 Å². The van der Waals surface area contributed by atoms with Gasteiger partial charge < -0.3 is 30.5 Å². The number of hydrogen-bond acceptors (Lipinski definition) is 10. The second-order valence-electron chi connectivity index (χ2n) is 4.90. The molecule has 1 aliphatic rings. The molecule has 5 N–H and O–H groups in total. The Morgan fingerprint density at radius 2 is 2.13 bits per heavy atom. The van der Waals surface area contributed by atoms with E-state index in [9.17, 15) is 15.0 Å². The van der Waals surface area contributed by atoms with Crippen LogP contribution in [0.25, 0.3) is 11.2 Å². The number of nitrogens with two attached hydrogens (primary N) is 1. The van der Waals surface area contributed by atoms with Crippen LogP contribution in [0.1, 0.15) is 6.23 Å². The summed E-state index contributed by atoms with van der Waals surface area (Å²) in [5, 5.41) is 28.8. The molecule has 3 heterocycles. The van der Waals surface area contributed by atoms with E-state index >= 15 is 0 Å². The molecule has 0 amide bonds. The normalized spacial score (nSPS) is 27.4. The van der Waals surface area contributed by atoms with Crippen LogP contribution in [0.3, 0.4) is 0 Å². The molecule has 0 spiro atoms. The average molecular weight is 325 g/mol. The van der Waals surface area contributed by atoms with Gasteiger partial charge in [-0.1, -0.05) is 0 Å². The van der Waals surface area contributed by atoms with Gasteiger partial charge in [-0.25, -0.2) is 19.7 Å². The van der Waals surface area contributed by atoms with Gasteiger partial charge in [0.15, 0.2) is 23.8 Å². The highest BCUT2D eigenvalue weighted by Gasteiger charge is 2.48. The zero-order valence-electron chi connectivity index (χ0n) is 11.8. The van der Waals surface area contributed by atoms with E-state index in [0.29, 0.717) is 5.52 Å². The van der Waals surface area contributed by atoms with Gasteiger partial charge in [-0.15, -0.1) is 0 Å². The van der Waals surface area contributed by atoms with Gasteiger partial charge in [0.05, 0.1) is 12.9 Å². The van der Waals surface area contributed by atoms with Crippen molar-refractivity contribution < 1.29 is 29.6 Å². The third-order valence-electron chi connectivity index (χ3n) is 3.47. The Morgan fingerprint density at radius 1 is 1.35 bits per heavy atom. The van der Waals surface area contributed by atoms with Crippen LogP contribution >= 0.6 is 0 Å². The van der Waals surface area contributed by atoms with Gasteiger partial charge >= 0.3 is 5.97 Å². The Hall–Kier alpha value is -2.34. The zero-order chi connectivity index (χ0) is 16.6. The molecule has 23 heavy (non-hydrogen) atoms. The van der Waals surface area contributed by atoms with Crippen LogP contribution in [-0.2, 0) is 14.3 Å². The van der Waals surface area contributed by atoms with E-state index in [1.54, 1.807) is 0 Å². The average Bonchev–Trinajstić information content (AvgIpc) is 3.09. The predicted molar refractivity (Wildman–Crippen MR) is 73.7 cm³/mol. The maximum absolute atomic E-state index is 11.8. The summed E-state index contributed by atoms with van der Waals surface area (Å²) in [5.74, 6) is -0.729. The van der Waals surface area contributed by atoms with E-state index in [4.69, 9.17) is 20.3 Å². The first kappa shape index (κ1) is 15.6. The molecule has 0 aliphatic carbocycles. The van der Waals surface area contributed by atoms with Crippen LogP contribution < -0.4 is 5.73 Å². The number of nitrogens with zero attached hydrogens (tertiary/aromatic N) is 4. The molecule has 4 atom stereocenters. The molecule has 0 saturated carbocycles. The Morgan fingerprint density at radius 3 is 2.87 bits per heavy atom. The van der Waals surface area contributed by atoms with Crippen molar-refractivity contribution in [1.29, 1.82) is 0 Å². The van der Waals surface area contributed by atoms with E-state index in [1.165, 1.54) is 17.2 Å². The number of esters is 1. The number of aliphatic hydroxyl groups is 3. The largest absolute Gasteiger partial charge is 0.461 e. The van der Waals surface area contributed by atoms with Gasteiger partial charge in [-0.05, 0) is 0 Å². The van der Waals surface area contributed by atoms with E-state index in [2.05, 4.69) is 15.0 Å². The van der Waals surface area contributed by atoms with Gasteiger partial charge in [-0.3, -0.25) is 4.57 Å². The fourth-order valence-electron chi connectivity index (χ4n) is 2.37. The first-order valence-electron chi connectivity index (χ1n) is 6.76. The SMILES string of the molecule is Nc1ncnc2c1ncn2[C@@H]1O[C@@H](C(=O)OCCO)[C@@H](O)[C@H]1O. The van der Waals surface area contributed by atoms with E-state index in [-0.39, 0.29) is 24.7 Å². The van der Waals surface area contributed by atoms with Crippen LogP contribution in [-0.4, -0.2) is 72.3 Å². The number of hydrogen-bond donors (Lipinski definition) is 4. The Balaban J connectivity index is 1.88. The lowest BCUT2D eigenvalue weighted by Crippen LogP contribution is -2.37. The molecule has 2 aromatic heterocycles. The van der Waals surface area contributed by atoms with Gasteiger partial charge in [0.2, 0.25) is 0 Å². The molecule has 124 valence electrons. The third kappa shape index (κ3) is 2.59. The van der Waals surface area contributed by atoms with Crippen LogP contribution in [0, 0.1) is 0 Å². The van der Waals surface area contributed by atoms with Gasteiger partial charge in [-0.2, -0.15) is 0 Å². The monoisotopic (exact) mass is 325 g/mol. The van der Waals surface area contributed by atoms with Crippen LogP contribution in [0.2, 0.25) is 0 Å². The maximum Gasteiger partial charge on any atom is 0.338 e. The first-order valence-corrected chi connectivity index (χ1v) is 6.76. The lowest BCUT2D eigenvalue weighted by atomic mass is 10.1. The smallest absolute Gasteiger partial charge is 0.338 e. The summed E-state index contributed by atoms with van der Waals surface area (Å²) in [6, 6.07) is 0. The number of imidazole rings is 1. The van der Waals surface area contributed by atoms with E-state index < -0.39 is 30.5 Å². The highest BCUT2D eigenvalue weighted by Crippen LogP contribution is 2.32. The number of carbonyl (C=O) groups is 1. The molecule has 2 aromatic rings. The van der Waals surface area contributed by atoms with Crippen LogP contribution in [0.5, 0.6) is 0 Å². The minimum Gasteiger partial charge on any atom is -0.461 e. The van der Waals surface area contributed by atoms with Crippen molar-refractivity contribution in [3.05, 3.63) is 12.7 Å². The lowest BCUT2D eigenvalue weighted by molar-refractivity contribution is -0.162. The van der Waals surface area contributed by atoms with Crippen molar-refractivity contribution >= 4 is 23.0 Å². The Kier molecular flexibility index (Phi) is 4.09. The van der Waals surface area contributed by atoms with Gasteiger partial charge in [0, 0.05) is 0 Å². The molecule has 0 unspecified atom stereocenters. The van der Waals surface area contributed by atoms with E-state index in [0.717, 1.165) is 0 Å². The maximum atomic E-state index is 11.8. The van der Waals surface area contributed by atoms with Crippen molar-refractivity contribution in [1.82, 2.24) is 19.5 Å². The first-order chi connectivity index (χ1) is 11.0. The number of anilines is 1. The Labute approximate surface area is 129 Å². The number of aromatic nitrogens is 4. The number of aliphatic hydroxyl groups excluding tert-OH is 3. The standard InChI is InChI=1S/C12H15N5O6/c13-9-5-10(15-3-14-9)17(4-16-5)11-7(20)6(19)8(23-11)12(21)22-2-1-18/h3-4,6-8,11,18-20H,1-2H2,(H2,13,14,15)/t6-,7+,8+,11+/m0/s1. The molecule has 1 aliphatic heterocycles. The van der Waals surface area contributed by atoms with Crippen molar-refractivity contribution in [2.75, 3.05) is 18.9 Å². The van der Waals surface area contributed by atoms with Crippen molar-refractivity contribution in [2.24, 2.45) is 0 Å². The minimum absolute atomic E-state index is 0.153. The molecule has 11 nitrogen and oxygen atoms in total. The third-order valence-corrected chi connectivity index (χ3v) is 3.47. The molecule has 3 rings (SSSR count). The summed E-state index contributed by atoms with van der Waals surface area (Å²) in [5.41, 5.74) is 6.28. The number of nitrogen functional groups attached to an aromatic ring is 1. The fourth-order valence-corrected chi connectivity index (χ4v) is 2.37. The summed E-state index contributed by atoms with van der Waals surface area (Å²) in [6.45, 7) is -0.590.